The van der Waals surface area contributed by atoms with Crippen LogP contribution in [0.2, 0.25) is 0 Å². The van der Waals surface area contributed by atoms with Gasteiger partial charge in [0, 0.05) is 16.7 Å². The topological polar surface area (TPSA) is 26.0 Å². The van der Waals surface area contributed by atoms with Crippen LogP contribution in [0.5, 0.6) is 0 Å². The molecule has 2 rings (SSSR count). The van der Waals surface area contributed by atoms with Gasteiger partial charge >= 0.3 is 0 Å². The van der Waals surface area contributed by atoms with E-state index in [2.05, 4.69) is 56.3 Å². The number of hydrogen-bond donors (Lipinski definition) is 1. The van der Waals surface area contributed by atoms with Gasteiger partial charge in [-0.1, -0.05) is 41.5 Å². The molecule has 1 nitrogen and oxygen atoms in total. The van der Waals surface area contributed by atoms with Crippen LogP contribution in [0, 0.1) is 13.8 Å². The van der Waals surface area contributed by atoms with E-state index in [0.29, 0.717) is 0 Å². The molecule has 0 saturated heterocycles. The molecule has 0 aliphatic carbocycles. The molecule has 1 atom stereocenters. The van der Waals surface area contributed by atoms with Gasteiger partial charge in [-0.3, -0.25) is 0 Å². The second-order valence-corrected chi connectivity index (χ2v) is 6.19. The molecule has 0 saturated carbocycles. The Morgan fingerprint density at radius 1 is 1.00 bits per heavy atom. The van der Waals surface area contributed by atoms with E-state index < -0.39 is 0 Å². The monoisotopic (exact) mass is 271 g/mol. The van der Waals surface area contributed by atoms with E-state index in [0.717, 1.165) is 5.75 Å². The molecule has 0 aromatic heterocycles. The van der Waals surface area contributed by atoms with Crippen LogP contribution in [0.4, 0.5) is 0 Å². The summed E-state index contributed by atoms with van der Waals surface area (Å²) in [5.74, 6) is 1.01. The smallest absolute Gasteiger partial charge is 0.0266 e. The van der Waals surface area contributed by atoms with Gasteiger partial charge in [-0.05, 0) is 44.0 Å². The van der Waals surface area contributed by atoms with Crippen LogP contribution in [0.15, 0.2) is 47.4 Å². The number of nitrogens with two attached hydrogens (primary N) is 1. The number of rotatable bonds is 4. The van der Waals surface area contributed by atoms with Crippen molar-refractivity contribution < 1.29 is 0 Å². The molecule has 0 aliphatic rings. The van der Waals surface area contributed by atoms with Gasteiger partial charge in [0.05, 0.1) is 0 Å². The van der Waals surface area contributed by atoms with Gasteiger partial charge in [-0.15, -0.1) is 11.8 Å². The van der Waals surface area contributed by atoms with Crippen LogP contribution in [0.25, 0.3) is 0 Å². The Balaban J connectivity index is 2.02. The zero-order chi connectivity index (χ0) is 13.8. The average molecular weight is 271 g/mol. The third kappa shape index (κ3) is 4.12. The lowest BCUT2D eigenvalue weighted by molar-refractivity contribution is 0.817. The largest absolute Gasteiger partial charge is 0.324 e. The van der Waals surface area contributed by atoms with Gasteiger partial charge in [-0.25, -0.2) is 0 Å². The van der Waals surface area contributed by atoms with Crippen molar-refractivity contribution in [1.82, 2.24) is 0 Å². The van der Waals surface area contributed by atoms with E-state index in [1.165, 1.54) is 27.1 Å². The van der Waals surface area contributed by atoms with E-state index in [4.69, 9.17) is 5.73 Å². The number of thioether (sulfide) groups is 1. The average Bonchev–Trinajstić information content (AvgIpc) is 2.36. The molecule has 0 amide bonds. The van der Waals surface area contributed by atoms with Crippen molar-refractivity contribution >= 4 is 11.8 Å². The summed E-state index contributed by atoms with van der Waals surface area (Å²) in [4.78, 5) is 1.29. The molecule has 2 heteroatoms. The summed E-state index contributed by atoms with van der Waals surface area (Å²) in [5, 5.41) is 0. The number of benzene rings is 2. The van der Waals surface area contributed by atoms with E-state index in [-0.39, 0.29) is 6.04 Å². The van der Waals surface area contributed by atoms with Crippen LogP contribution in [-0.4, -0.2) is 0 Å². The van der Waals surface area contributed by atoms with E-state index in [1.54, 1.807) is 0 Å². The van der Waals surface area contributed by atoms with Crippen LogP contribution in [0.3, 0.4) is 0 Å². The Kier molecular flexibility index (Phi) is 4.67. The van der Waals surface area contributed by atoms with Gasteiger partial charge in [-0.2, -0.15) is 0 Å². The summed E-state index contributed by atoms with van der Waals surface area (Å²) in [5.41, 5.74) is 11.1. The fourth-order valence-corrected chi connectivity index (χ4v) is 3.02. The highest BCUT2D eigenvalue weighted by molar-refractivity contribution is 7.98. The molecule has 0 heterocycles. The molecule has 2 aromatic rings. The second-order valence-electron chi connectivity index (χ2n) is 5.14. The Labute approximate surface area is 120 Å². The van der Waals surface area contributed by atoms with Gasteiger partial charge < -0.3 is 5.73 Å². The first-order valence-corrected chi connectivity index (χ1v) is 7.58. The molecular weight excluding hydrogens is 250 g/mol. The minimum absolute atomic E-state index is 0.110. The van der Waals surface area contributed by atoms with E-state index in [1.807, 2.05) is 18.7 Å². The Morgan fingerprint density at radius 3 is 2.11 bits per heavy atom. The van der Waals surface area contributed by atoms with Crippen molar-refractivity contribution in [2.24, 2.45) is 5.73 Å². The van der Waals surface area contributed by atoms with Crippen molar-refractivity contribution in [3.63, 3.8) is 0 Å². The first-order valence-electron chi connectivity index (χ1n) is 6.60. The van der Waals surface area contributed by atoms with Gasteiger partial charge in [0.25, 0.3) is 0 Å². The fourth-order valence-electron chi connectivity index (χ4n) is 2.19. The molecule has 19 heavy (non-hydrogen) atoms. The zero-order valence-electron chi connectivity index (χ0n) is 11.8. The molecule has 0 spiro atoms. The van der Waals surface area contributed by atoms with Crippen LogP contribution in [0.1, 0.15) is 35.2 Å². The Morgan fingerprint density at radius 2 is 1.58 bits per heavy atom. The van der Waals surface area contributed by atoms with Gasteiger partial charge in [0.2, 0.25) is 0 Å². The predicted molar refractivity (Wildman–Crippen MR) is 84.5 cm³/mol. The molecule has 0 aliphatic heterocycles. The quantitative estimate of drug-likeness (QED) is 0.821. The Hall–Kier alpha value is -1.25. The molecule has 0 bridgehead atoms. The highest BCUT2D eigenvalue weighted by Gasteiger charge is 2.01. The van der Waals surface area contributed by atoms with Crippen LogP contribution >= 0.6 is 11.8 Å². The minimum atomic E-state index is 0.110. The van der Waals surface area contributed by atoms with Crippen LogP contribution in [-0.2, 0) is 5.75 Å². The van der Waals surface area contributed by atoms with Crippen LogP contribution < -0.4 is 5.73 Å². The highest BCUT2D eigenvalue weighted by Crippen LogP contribution is 2.25. The summed E-state index contributed by atoms with van der Waals surface area (Å²) in [6.07, 6.45) is 0. The molecule has 100 valence electrons. The zero-order valence-corrected chi connectivity index (χ0v) is 12.6. The summed E-state index contributed by atoms with van der Waals surface area (Å²) < 4.78 is 0. The van der Waals surface area contributed by atoms with E-state index in [9.17, 15) is 0 Å². The Bertz CT molecular complexity index is 523. The molecule has 2 aromatic carbocycles. The van der Waals surface area contributed by atoms with Gasteiger partial charge in [0.1, 0.15) is 0 Å². The first kappa shape index (κ1) is 14.2. The molecule has 2 N–H and O–H groups in total. The molecule has 0 unspecified atom stereocenters. The predicted octanol–water partition coefficient (Wildman–Crippen LogP) is 4.62. The van der Waals surface area contributed by atoms with Gasteiger partial charge in [0.15, 0.2) is 0 Å². The summed E-state index contributed by atoms with van der Waals surface area (Å²) in [6, 6.07) is 15.4. The highest BCUT2D eigenvalue weighted by atomic mass is 32.2. The maximum Gasteiger partial charge on any atom is 0.0266 e. The van der Waals surface area contributed by atoms with Crippen molar-refractivity contribution in [3.05, 3.63) is 64.7 Å². The first-order chi connectivity index (χ1) is 9.04. The third-order valence-corrected chi connectivity index (χ3v) is 4.18. The lowest BCUT2D eigenvalue weighted by Gasteiger charge is -2.08. The second kappa shape index (κ2) is 6.27. The van der Waals surface area contributed by atoms with Crippen molar-refractivity contribution in [2.45, 2.75) is 37.5 Å². The lowest BCUT2D eigenvalue weighted by atomic mass is 10.1. The third-order valence-electron chi connectivity index (χ3n) is 3.09. The normalized spacial score (nSPS) is 12.4. The summed E-state index contributed by atoms with van der Waals surface area (Å²) in [6.45, 7) is 6.31. The molecular formula is C17H21NS. The number of aryl methyl sites for hydroxylation is 2. The van der Waals surface area contributed by atoms with Crippen molar-refractivity contribution in [2.75, 3.05) is 0 Å². The number of hydrogen-bond acceptors (Lipinski definition) is 2. The minimum Gasteiger partial charge on any atom is -0.324 e. The SMILES string of the molecule is Cc1cc(C)cc(CSc2ccc([C@H](C)N)cc2)c1. The van der Waals surface area contributed by atoms with E-state index >= 15 is 0 Å². The fraction of sp³-hybridized carbons (Fsp3) is 0.294. The lowest BCUT2D eigenvalue weighted by Crippen LogP contribution is -2.04. The summed E-state index contributed by atoms with van der Waals surface area (Å²) in [7, 11) is 0. The van der Waals surface area contributed by atoms with Crippen molar-refractivity contribution in [3.8, 4) is 0 Å². The van der Waals surface area contributed by atoms with Crippen molar-refractivity contribution in [1.29, 1.82) is 0 Å². The molecule has 0 fully saturated rings. The maximum atomic E-state index is 5.86. The summed E-state index contributed by atoms with van der Waals surface area (Å²) >= 11 is 1.87. The standard InChI is InChI=1S/C17H21NS/c1-12-8-13(2)10-15(9-12)11-19-17-6-4-16(5-7-17)14(3)18/h4-10,14H,11,18H2,1-3H3/t14-/m0/s1. The molecule has 0 radical (unpaired) electrons. The maximum absolute atomic E-state index is 5.86.